The fourth-order valence-corrected chi connectivity index (χ4v) is 4.20. The number of methoxy groups -OCH3 is 2. The maximum atomic E-state index is 10.8. The fraction of sp³-hybridized carbons (Fsp3) is 0.714. The Bertz CT molecular complexity index is 620. The van der Waals surface area contributed by atoms with Gasteiger partial charge < -0.3 is 24.1 Å². The number of aliphatic hydroxyl groups is 1. The van der Waals surface area contributed by atoms with Crippen molar-refractivity contribution in [3.8, 4) is 0 Å². The van der Waals surface area contributed by atoms with Gasteiger partial charge in [-0.2, -0.15) is 0 Å². The summed E-state index contributed by atoms with van der Waals surface area (Å²) in [5.41, 5.74) is 1.15. The van der Waals surface area contributed by atoms with E-state index in [-0.39, 0.29) is 36.1 Å². The van der Waals surface area contributed by atoms with Crippen LogP contribution < -0.4 is 0 Å². The molecule has 1 N–H and O–H groups in total. The van der Waals surface area contributed by atoms with Gasteiger partial charge in [-0.15, -0.1) is 0 Å². The van der Waals surface area contributed by atoms with Crippen LogP contribution in [-0.2, 0) is 25.6 Å². The van der Waals surface area contributed by atoms with Gasteiger partial charge in [0.2, 0.25) is 0 Å². The molecule has 190 valence electrons. The van der Waals surface area contributed by atoms with Crippen molar-refractivity contribution in [2.24, 2.45) is 17.8 Å². The summed E-state index contributed by atoms with van der Waals surface area (Å²) in [6.45, 7) is 12.5. The van der Waals surface area contributed by atoms with Crippen LogP contribution >= 0.6 is 0 Å². The van der Waals surface area contributed by atoms with Crippen molar-refractivity contribution in [2.45, 2.75) is 84.9 Å². The van der Waals surface area contributed by atoms with E-state index in [4.69, 9.17) is 18.9 Å². The van der Waals surface area contributed by atoms with Crippen LogP contribution in [0.3, 0.4) is 0 Å². The molecule has 0 saturated heterocycles. The third-order valence-corrected chi connectivity index (χ3v) is 6.39. The highest BCUT2D eigenvalue weighted by Crippen LogP contribution is 2.23. The highest BCUT2D eigenvalue weighted by Gasteiger charge is 2.28. The summed E-state index contributed by atoms with van der Waals surface area (Å²) >= 11 is 0. The van der Waals surface area contributed by atoms with Gasteiger partial charge in [0.25, 0.3) is 0 Å². The lowest BCUT2D eigenvalue weighted by atomic mass is 9.88. The average Bonchev–Trinajstić information content (AvgIpc) is 2.83. The Balaban J connectivity index is 2.59. The maximum absolute atomic E-state index is 10.8. The maximum Gasteiger partial charge on any atom is 0.0771 e. The second-order valence-corrected chi connectivity index (χ2v) is 9.18. The summed E-state index contributed by atoms with van der Waals surface area (Å²) in [6, 6.07) is 10.1. The molecule has 0 bridgehead atoms. The van der Waals surface area contributed by atoms with Crippen LogP contribution in [0.25, 0.3) is 0 Å². The van der Waals surface area contributed by atoms with Gasteiger partial charge >= 0.3 is 0 Å². The first kappa shape index (κ1) is 29.8. The third kappa shape index (κ3) is 11.2. The highest BCUT2D eigenvalue weighted by molar-refractivity contribution is 5.13. The lowest BCUT2D eigenvalue weighted by molar-refractivity contribution is -0.0474. The van der Waals surface area contributed by atoms with E-state index in [9.17, 15) is 5.11 Å². The summed E-state index contributed by atoms with van der Waals surface area (Å²) in [6.07, 6.45) is 6.31. The molecule has 0 aliphatic carbocycles. The normalized spacial score (nSPS) is 18.5. The summed E-state index contributed by atoms with van der Waals surface area (Å²) in [5, 5.41) is 10.8. The zero-order valence-electron chi connectivity index (χ0n) is 21.9. The average molecular weight is 465 g/mol. The van der Waals surface area contributed by atoms with Gasteiger partial charge in [-0.1, -0.05) is 77.1 Å². The van der Waals surface area contributed by atoms with Crippen LogP contribution in [0.15, 0.2) is 42.5 Å². The lowest BCUT2D eigenvalue weighted by Crippen LogP contribution is -2.37. The molecule has 0 fully saturated rings. The second-order valence-electron chi connectivity index (χ2n) is 9.18. The Kier molecular flexibility index (Phi) is 15.6. The number of benzene rings is 1. The molecule has 0 amide bonds. The molecule has 0 aliphatic rings. The van der Waals surface area contributed by atoms with E-state index in [1.54, 1.807) is 14.2 Å². The number of rotatable bonds is 18. The number of aliphatic hydroxyl groups excluding tert-OH is 1. The number of hydrogen-bond donors (Lipinski definition) is 1. The topological polar surface area (TPSA) is 57.2 Å². The predicted octanol–water partition coefficient (Wildman–Crippen LogP) is 5.65. The van der Waals surface area contributed by atoms with Crippen molar-refractivity contribution in [3.05, 3.63) is 48.0 Å². The van der Waals surface area contributed by atoms with Crippen LogP contribution in [0.1, 0.15) is 59.4 Å². The first-order valence-corrected chi connectivity index (χ1v) is 12.5. The quantitative estimate of drug-likeness (QED) is 0.284. The largest absolute Gasteiger partial charge is 0.389 e. The standard InChI is InChI=1S/C28H48O5/c1-8-17-33-25(9-2)18-27(30-6)21(3)15-16-26(29)23(5)28(31-7)22(4)19-32-20-24-13-11-10-12-14-24/h10-16,21-23,25-29H,8-9,17-20H2,1-7H3/b16-15+/t21-,22+,23-,25+,26+,27-,28+/m0/s1. The molecular formula is C28H48O5. The van der Waals surface area contributed by atoms with Crippen molar-refractivity contribution in [3.63, 3.8) is 0 Å². The second kappa shape index (κ2) is 17.2. The Morgan fingerprint density at radius 1 is 0.970 bits per heavy atom. The van der Waals surface area contributed by atoms with E-state index >= 15 is 0 Å². The number of hydrogen-bond acceptors (Lipinski definition) is 5. The van der Waals surface area contributed by atoms with Gasteiger partial charge in [-0.05, 0) is 18.4 Å². The highest BCUT2D eigenvalue weighted by atomic mass is 16.5. The molecule has 0 aromatic heterocycles. The molecule has 5 heteroatoms. The van der Waals surface area contributed by atoms with Gasteiger partial charge in [0, 0.05) is 45.0 Å². The van der Waals surface area contributed by atoms with Gasteiger partial charge in [0.05, 0.1) is 37.6 Å². The first-order chi connectivity index (χ1) is 15.9. The summed E-state index contributed by atoms with van der Waals surface area (Å²) in [4.78, 5) is 0. The third-order valence-electron chi connectivity index (χ3n) is 6.39. The molecule has 33 heavy (non-hydrogen) atoms. The van der Waals surface area contributed by atoms with E-state index in [2.05, 4.69) is 45.9 Å². The minimum Gasteiger partial charge on any atom is -0.389 e. The fourth-order valence-electron chi connectivity index (χ4n) is 4.20. The van der Waals surface area contributed by atoms with E-state index in [1.807, 2.05) is 31.2 Å². The summed E-state index contributed by atoms with van der Waals surface area (Å²) < 4.78 is 23.4. The van der Waals surface area contributed by atoms with Crippen LogP contribution in [-0.4, -0.2) is 57.0 Å². The molecule has 1 rings (SSSR count). The molecule has 1 aromatic rings. The van der Waals surface area contributed by atoms with E-state index in [1.165, 1.54) is 0 Å². The summed E-state index contributed by atoms with van der Waals surface area (Å²) in [7, 11) is 3.45. The molecule has 0 heterocycles. The minimum atomic E-state index is -0.607. The minimum absolute atomic E-state index is 0.0501. The molecule has 0 spiro atoms. The molecule has 7 atom stereocenters. The smallest absolute Gasteiger partial charge is 0.0771 e. The Morgan fingerprint density at radius 2 is 1.67 bits per heavy atom. The van der Waals surface area contributed by atoms with Crippen molar-refractivity contribution in [1.29, 1.82) is 0 Å². The molecule has 1 aromatic carbocycles. The molecule has 5 nitrogen and oxygen atoms in total. The van der Waals surface area contributed by atoms with E-state index in [0.717, 1.165) is 31.4 Å². The molecule has 0 unspecified atom stereocenters. The predicted molar refractivity (Wildman–Crippen MR) is 135 cm³/mol. The lowest BCUT2D eigenvalue weighted by Gasteiger charge is -2.31. The molecule has 0 aliphatic heterocycles. The Labute approximate surface area is 202 Å². The van der Waals surface area contributed by atoms with Crippen molar-refractivity contribution >= 4 is 0 Å². The molecular weight excluding hydrogens is 416 g/mol. The van der Waals surface area contributed by atoms with Crippen LogP contribution in [0.5, 0.6) is 0 Å². The van der Waals surface area contributed by atoms with Gasteiger partial charge in [0.1, 0.15) is 0 Å². The zero-order chi connectivity index (χ0) is 24.6. The van der Waals surface area contributed by atoms with Crippen molar-refractivity contribution in [2.75, 3.05) is 27.4 Å². The van der Waals surface area contributed by atoms with Gasteiger partial charge in [-0.3, -0.25) is 0 Å². The zero-order valence-corrected chi connectivity index (χ0v) is 21.9. The first-order valence-electron chi connectivity index (χ1n) is 12.5. The van der Waals surface area contributed by atoms with Gasteiger partial charge in [-0.25, -0.2) is 0 Å². The van der Waals surface area contributed by atoms with Crippen LogP contribution in [0.4, 0.5) is 0 Å². The molecule has 0 saturated carbocycles. The van der Waals surface area contributed by atoms with Crippen LogP contribution in [0.2, 0.25) is 0 Å². The van der Waals surface area contributed by atoms with E-state index in [0.29, 0.717) is 13.2 Å². The van der Waals surface area contributed by atoms with Gasteiger partial charge in [0.15, 0.2) is 0 Å². The van der Waals surface area contributed by atoms with Crippen LogP contribution in [0, 0.1) is 17.8 Å². The monoisotopic (exact) mass is 464 g/mol. The Hall–Kier alpha value is -1.24. The SMILES string of the molecule is CCCO[C@H](CC)C[C@H](OC)[C@@H](C)/C=C/[C@@H](O)[C@H](C)[C@H](OC)[C@H](C)COCc1ccccc1. The Morgan fingerprint density at radius 3 is 2.24 bits per heavy atom. The molecule has 0 radical (unpaired) electrons. The summed E-state index contributed by atoms with van der Waals surface area (Å²) in [5.74, 6) is 0.261. The van der Waals surface area contributed by atoms with E-state index < -0.39 is 6.10 Å². The van der Waals surface area contributed by atoms with Crippen molar-refractivity contribution in [1.82, 2.24) is 0 Å². The number of ether oxygens (including phenoxy) is 4. The van der Waals surface area contributed by atoms with Crippen molar-refractivity contribution < 1.29 is 24.1 Å².